The van der Waals surface area contributed by atoms with Crippen LogP contribution in [0, 0.1) is 6.92 Å². The van der Waals surface area contributed by atoms with Crippen LogP contribution in [0.5, 0.6) is 5.75 Å². The van der Waals surface area contributed by atoms with Crippen molar-refractivity contribution >= 4 is 5.97 Å². The van der Waals surface area contributed by atoms with Crippen molar-refractivity contribution < 1.29 is 14.6 Å². The number of carboxylic acid groups (broad SMARTS) is 1. The Bertz CT molecular complexity index is 561. The van der Waals surface area contributed by atoms with Crippen LogP contribution in [-0.2, 0) is 17.8 Å². The van der Waals surface area contributed by atoms with Gasteiger partial charge in [-0.1, -0.05) is 42.5 Å². The molecule has 0 amide bonds. The van der Waals surface area contributed by atoms with Gasteiger partial charge in [0.2, 0.25) is 0 Å². The molecular weight excluding hydrogens is 240 g/mol. The van der Waals surface area contributed by atoms with Gasteiger partial charge in [0, 0.05) is 0 Å². The first-order valence-corrected chi connectivity index (χ1v) is 6.13. The van der Waals surface area contributed by atoms with Gasteiger partial charge in [-0.3, -0.25) is 4.79 Å². The predicted molar refractivity (Wildman–Crippen MR) is 73.3 cm³/mol. The molecule has 2 aromatic carbocycles. The molecule has 0 heterocycles. The predicted octanol–water partition coefficient (Wildman–Crippen LogP) is 3.20. The van der Waals surface area contributed by atoms with Gasteiger partial charge in [0.1, 0.15) is 12.4 Å². The van der Waals surface area contributed by atoms with Crippen molar-refractivity contribution in [3.63, 3.8) is 0 Å². The molecule has 0 aliphatic rings. The lowest BCUT2D eigenvalue weighted by Gasteiger charge is -2.10. The maximum atomic E-state index is 10.7. The Morgan fingerprint density at radius 2 is 1.84 bits per heavy atom. The topological polar surface area (TPSA) is 46.5 Å². The Kier molecular flexibility index (Phi) is 4.18. The van der Waals surface area contributed by atoms with Crippen LogP contribution in [0.3, 0.4) is 0 Å². The summed E-state index contributed by atoms with van der Waals surface area (Å²) in [5.74, 6) is -0.0968. The Balaban J connectivity index is 2.08. The van der Waals surface area contributed by atoms with Crippen molar-refractivity contribution in [1.82, 2.24) is 0 Å². The van der Waals surface area contributed by atoms with E-state index in [1.165, 1.54) is 0 Å². The van der Waals surface area contributed by atoms with Crippen molar-refractivity contribution in [1.29, 1.82) is 0 Å². The Hall–Kier alpha value is -2.29. The van der Waals surface area contributed by atoms with Gasteiger partial charge in [-0.05, 0) is 29.7 Å². The van der Waals surface area contributed by atoms with E-state index in [-0.39, 0.29) is 6.42 Å². The van der Waals surface area contributed by atoms with Crippen LogP contribution < -0.4 is 4.74 Å². The fourth-order valence-electron chi connectivity index (χ4n) is 1.82. The van der Waals surface area contributed by atoms with E-state index in [1.807, 2.05) is 49.4 Å². The molecule has 1 N–H and O–H groups in total. The first-order chi connectivity index (χ1) is 9.15. The zero-order valence-electron chi connectivity index (χ0n) is 10.8. The van der Waals surface area contributed by atoms with Gasteiger partial charge in [-0.2, -0.15) is 0 Å². The highest BCUT2D eigenvalue weighted by Gasteiger charge is 2.05. The van der Waals surface area contributed by atoms with Crippen molar-refractivity contribution in [2.24, 2.45) is 0 Å². The van der Waals surface area contributed by atoms with E-state index in [0.29, 0.717) is 6.61 Å². The van der Waals surface area contributed by atoms with Crippen molar-refractivity contribution in [3.8, 4) is 5.75 Å². The second kappa shape index (κ2) is 6.05. The van der Waals surface area contributed by atoms with Crippen LogP contribution in [0.4, 0.5) is 0 Å². The van der Waals surface area contributed by atoms with Crippen LogP contribution in [0.1, 0.15) is 16.7 Å². The molecule has 0 saturated heterocycles. The third kappa shape index (κ3) is 3.85. The van der Waals surface area contributed by atoms with Crippen LogP contribution in [0.2, 0.25) is 0 Å². The number of hydrogen-bond donors (Lipinski definition) is 1. The molecule has 98 valence electrons. The minimum Gasteiger partial charge on any atom is -0.489 e. The number of aryl methyl sites for hydroxylation is 1. The Morgan fingerprint density at radius 3 is 2.53 bits per heavy atom. The minimum absolute atomic E-state index is 0.0159. The number of rotatable bonds is 5. The van der Waals surface area contributed by atoms with Crippen LogP contribution in [-0.4, -0.2) is 11.1 Å². The SMILES string of the molecule is Cc1ccc(CC(=O)O)cc1OCc1ccccc1. The molecule has 3 nitrogen and oxygen atoms in total. The molecular formula is C16H16O3. The van der Waals surface area contributed by atoms with E-state index < -0.39 is 5.97 Å². The summed E-state index contributed by atoms with van der Waals surface area (Å²) in [5.41, 5.74) is 2.84. The number of ether oxygens (including phenoxy) is 1. The zero-order valence-corrected chi connectivity index (χ0v) is 10.8. The third-order valence-corrected chi connectivity index (χ3v) is 2.85. The maximum Gasteiger partial charge on any atom is 0.307 e. The van der Waals surface area contributed by atoms with Crippen LogP contribution >= 0.6 is 0 Å². The number of aliphatic carboxylic acids is 1. The first-order valence-electron chi connectivity index (χ1n) is 6.13. The summed E-state index contributed by atoms with van der Waals surface area (Å²) >= 11 is 0. The molecule has 0 unspecified atom stereocenters. The fourth-order valence-corrected chi connectivity index (χ4v) is 1.82. The van der Waals surface area contributed by atoms with Gasteiger partial charge in [0.15, 0.2) is 0 Å². The third-order valence-electron chi connectivity index (χ3n) is 2.85. The van der Waals surface area contributed by atoms with E-state index in [2.05, 4.69) is 0 Å². The van der Waals surface area contributed by atoms with E-state index >= 15 is 0 Å². The van der Waals surface area contributed by atoms with Crippen molar-refractivity contribution in [3.05, 3.63) is 65.2 Å². The Labute approximate surface area is 112 Å². The first kappa shape index (κ1) is 13.1. The largest absolute Gasteiger partial charge is 0.489 e. The standard InChI is InChI=1S/C16H16O3/c1-12-7-8-14(10-16(17)18)9-15(12)19-11-13-5-3-2-4-6-13/h2-9H,10-11H2,1H3,(H,17,18). The molecule has 3 heteroatoms. The minimum atomic E-state index is -0.835. The lowest BCUT2D eigenvalue weighted by molar-refractivity contribution is -0.136. The average Bonchev–Trinajstić information content (AvgIpc) is 2.40. The zero-order chi connectivity index (χ0) is 13.7. The molecule has 0 fully saturated rings. The molecule has 0 saturated carbocycles. The quantitative estimate of drug-likeness (QED) is 0.893. The molecule has 2 rings (SSSR count). The summed E-state index contributed by atoms with van der Waals surface area (Å²) in [4.78, 5) is 10.7. The molecule has 0 spiro atoms. The summed E-state index contributed by atoms with van der Waals surface area (Å²) in [7, 11) is 0. The Morgan fingerprint density at radius 1 is 1.11 bits per heavy atom. The molecule has 2 aromatic rings. The molecule has 0 aliphatic heterocycles. The number of carboxylic acids is 1. The van der Waals surface area contributed by atoms with E-state index in [1.54, 1.807) is 6.07 Å². The molecule has 0 bridgehead atoms. The van der Waals surface area contributed by atoms with Crippen LogP contribution in [0.25, 0.3) is 0 Å². The van der Waals surface area contributed by atoms with Gasteiger partial charge < -0.3 is 9.84 Å². The van der Waals surface area contributed by atoms with E-state index in [4.69, 9.17) is 9.84 Å². The average molecular weight is 256 g/mol. The van der Waals surface area contributed by atoms with E-state index in [9.17, 15) is 4.79 Å². The molecule has 19 heavy (non-hydrogen) atoms. The summed E-state index contributed by atoms with van der Waals surface area (Å²) in [5, 5.41) is 8.79. The number of carbonyl (C=O) groups is 1. The molecule has 0 radical (unpaired) electrons. The highest BCUT2D eigenvalue weighted by Crippen LogP contribution is 2.21. The number of benzene rings is 2. The normalized spacial score (nSPS) is 10.2. The van der Waals surface area contributed by atoms with Crippen molar-refractivity contribution in [2.75, 3.05) is 0 Å². The van der Waals surface area contributed by atoms with Gasteiger partial charge in [0.05, 0.1) is 6.42 Å². The molecule has 0 aliphatic carbocycles. The number of hydrogen-bond acceptors (Lipinski definition) is 2. The second-order valence-corrected chi connectivity index (χ2v) is 4.44. The molecule has 0 atom stereocenters. The highest BCUT2D eigenvalue weighted by atomic mass is 16.5. The lowest BCUT2D eigenvalue weighted by Crippen LogP contribution is -2.02. The summed E-state index contributed by atoms with van der Waals surface area (Å²) in [6, 6.07) is 15.4. The van der Waals surface area contributed by atoms with Crippen molar-refractivity contribution in [2.45, 2.75) is 20.0 Å². The maximum absolute atomic E-state index is 10.7. The van der Waals surface area contributed by atoms with Gasteiger partial charge >= 0.3 is 5.97 Å². The second-order valence-electron chi connectivity index (χ2n) is 4.44. The molecule has 0 aromatic heterocycles. The van der Waals surface area contributed by atoms with Gasteiger partial charge in [-0.25, -0.2) is 0 Å². The fraction of sp³-hybridized carbons (Fsp3) is 0.188. The summed E-state index contributed by atoms with van der Waals surface area (Å²) < 4.78 is 5.75. The summed E-state index contributed by atoms with van der Waals surface area (Å²) in [6.45, 7) is 2.43. The van der Waals surface area contributed by atoms with Gasteiger partial charge in [-0.15, -0.1) is 0 Å². The highest BCUT2D eigenvalue weighted by molar-refractivity contribution is 5.70. The van der Waals surface area contributed by atoms with Crippen LogP contribution in [0.15, 0.2) is 48.5 Å². The van der Waals surface area contributed by atoms with Gasteiger partial charge in [0.25, 0.3) is 0 Å². The lowest BCUT2D eigenvalue weighted by atomic mass is 10.1. The monoisotopic (exact) mass is 256 g/mol. The summed E-state index contributed by atoms with van der Waals surface area (Å²) in [6.07, 6.45) is 0.0159. The smallest absolute Gasteiger partial charge is 0.307 e. The van der Waals surface area contributed by atoms with E-state index in [0.717, 1.165) is 22.4 Å².